The van der Waals surface area contributed by atoms with Crippen molar-refractivity contribution in [3.8, 4) is 0 Å². The Bertz CT molecular complexity index is 700. The normalized spacial score (nSPS) is 11.9. The Kier molecular flexibility index (Phi) is 9.81. The van der Waals surface area contributed by atoms with Crippen LogP contribution in [0.5, 0.6) is 0 Å². The summed E-state index contributed by atoms with van der Waals surface area (Å²) < 4.78 is 9.95. The SMILES string of the molecule is CCNCCNC(=O)CC(NC(=O)OC(C)(C)C)C(=O)OC(=O)c1ccccc1. The quantitative estimate of drug-likeness (QED) is 0.321. The molecule has 0 aliphatic carbocycles. The summed E-state index contributed by atoms with van der Waals surface area (Å²) in [7, 11) is 0. The van der Waals surface area contributed by atoms with Crippen LogP contribution < -0.4 is 16.0 Å². The zero-order valence-corrected chi connectivity index (χ0v) is 17.2. The molecule has 1 aromatic carbocycles. The average Bonchev–Trinajstić information content (AvgIpc) is 2.64. The molecular formula is C20H29N3O6. The van der Waals surface area contributed by atoms with Crippen LogP contribution in [0.15, 0.2) is 30.3 Å². The molecule has 0 aromatic heterocycles. The number of carbonyl (C=O) groups is 4. The van der Waals surface area contributed by atoms with Crippen LogP contribution in [0.3, 0.4) is 0 Å². The highest BCUT2D eigenvalue weighted by atomic mass is 16.6. The lowest BCUT2D eigenvalue weighted by Crippen LogP contribution is -2.47. The Morgan fingerprint density at radius 1 is 1.03 bits per heavy atom. The van der Waals surface area contributed by atoms with Gasteiger partial charge >= 0.3 is 18.0 Å². The number of benzene rings is 1. The van der Waals surface area contributed by atoms with E-state index in [0.29, 0.717) is 13.1 Å². The predicted molar refractivity (Wildman–Crippen MR) is 106 cm³/mol. The van der Waals surface area contributed by atoms with E-state index in [1.165, 1.54) is 12.1 Å². The lowest BCUT2D eigenvalue weighted by Gasteiger charge is -2.22. The maximum absolute atomic E-state index is 12.4. The standard InChI is InChI=1S/C20H29N3O6/c1-5-21-11-12-22-16(24)13-15(23-19(27)29-20(2,3)4)18(26)28-17(25)14-9-7-6-8-10-14/h6-10,15,21H,5,11-13H2,1-4H3,(H,22,24)(H,23,27). The van der Waals surface area contributed by atoms with Crippen LogP contribution in [0.4, 0.5) is 4.79 Å². The fourth-order valence-electron chi connectivity index (χ4n) is 2.16. The van der Waals surface area contributed by atoms with Crippen molar-refractivity contribution < 1.29 is 28.7 Å². The minimum Gasteiger partial charge on any atom is -0.444 e. The van der Waals surface area contributed by atoms with Crippen LogP contribution in [-0.2, 0) is 19.1 Å². The van der Waals surface area contributed by atoms with Gasteiger partial charge in [0.25, 0.3) is 0 Å². The summed E-state index contributed by atoms with van der Waals surface area (Å²) in [6, 6.07) is 6.54. The van der Waals surface area contributed by atoms with E-state index in [1.807, 2.05) is 6.92 Å². The summed E-state index contributed by atoms with van der Waals surface area (Å²) in [5, 5.41) is 7.96. The molecule has 0 spiro atoms. The van der Waals surface area contributed by atoms with Gasteiger partial charge in [-0.15, -0.1) is 0 Å². The molecule has 2 amide bonds. The molecule has 0 bridgehead atoms. The minimum absolute atomic E-state index is 0.173. The van der Waals surface area contributed by atoms with Gasteiger partial charge in [0.15, 0.2) is 0 Å². The first-order valence-corrected chi connectivity index (χ1v) is 9.40. The number of hydrogen-bond donors (Lipinski definition) is 3. The second kappa shape index (κ2) is 11.8. The number of alkyl carbamates (subject to hydrolysis) is 1. The number of amides is 2. The Labute approximate surface area is 170 Å². The average molecular weight is 407 g/mol. The molecule has 0 radical (unpaired) electrons. The highest BCUT2D eigenvalue weighted by molar-refractivity contribution is 5.99. The summed E-state index contributed by atoms with van der Waals surface area (Å²) in [6.45, 7) is 8.58. The van der Waals surface area contributed by atoms with Gasteiger partial charge in [-0.05, 0) is 39.4 Å². The fourth-order valence-corrected chi connectivity index (χ4v) is 2.16. The van der Waals surface area contributed by atoms with Crippen LogP contribution in [0.1, 0.15) is 44.5 Å². The van der Waals surface area contributed by atoms with Gasteiger partial charge in [0.2, 0.25) is 5.91 Å². The van der Waals surface area contributed by atoms with Crippen molar-refractivity contribution in [1.82, 2.24) is 16.0 Å². The number of esters is 2. The highest BCUT2D eigenvalue weighted by Gasteiger charge is 2.29. The van der Waals surface area contributed by atoms with Crippen molar-refractivity contribution >= 4 is 23.9 Å². The molecule has 0 aliphatic heterocycles. The summed E-state index contributed by atoms with van der Waals surface area (Å²) in [5.74, 6) is -2.40. The summed E-state index contributed by atoms with van der Waals surface area (Å²) in [6.07, 6.45) is -1.29. The molecule has 29 heavy (non-hydrogen) atoms. The van der Waals surface area contributed by atoms with E-state index in [4.69, 9.17) is 9.47 Å². The Morgan fingerprint density at radius 3 is 2.28 bits per heavy atom. The van der Waals surface area contributed by atoms with Crippen LogP contribution in [0.2, 0.25) is 0 Å². The first-order valence-electron chi connectivity index (χ1n) is 9.40. The number of ether oxygens (including phenoxy) is 2. The zero-order chi connectivity index (χ0) is 21.9. The lowest BCUT2D eigenvalue weighted by molar-refractivity contribution is -0.142. The molecule has 1 rings (SSSR count). The highest BCUT2D eigenvalue weighted by Crippen LogP contribution is 2.09. The Morgan fingerprint density at radius 2 is 1.69 bits per heavy atom. The van der Waals surface area contributed by atoms with E-state index in [1.54, 1.807) is 39.0 Å². The van der Waals surface area contributed by atoms with E-state index in [-0.39, 0.29) is 5.56 Å². The van der Waals surface area contributed by atoms with Gasteiger partial charge in [-0.25, -0.2) is 14.4 Å². The predicted octanol–water partition coefficient (Wildman–Crippen LogP) is 1.38. The molecule has 9 heteroatoms. The van der Waals surface area contributed by atoms with Gasteiger partial charge in [-0.3, -0.25) is 4.79 Å². The van der Waals surface area contributed by atoms with Crippen molar-refractivity contribution in [3.63, 3.8) is 0 Å². The van der Waals surface area contributed by atoms with Crippen molar-refractivity contribution in [2.75, 3.05) is 19.6 Å². The van der Waals surface area contributed by atoms with Crippen molar-refractivity contribution in [2.45, 2.75) is 45.8 Å². The van der Waals surface area contributed by atoms with Gasteiger partial charge in [-0.2, -0.15) is 0 Å². The third-order valence-corrected chi connectivity index (χ3v) is 3.44. The van der Waals surface area contributed by atoms with Crippen molar-refractivity contribution in [3.05, 3.63) is 35.9 Å². The molecule has 0 saturated carbocycles. The molecule has 1 unspecified atom stereocenters. The number of nitrogens with one attached hydrogen (secondary N) is 3. The van der Waals surface area contributed by atoms with Crippen molar-refractivity contribution in [1.29, 1.82) is 0 Å². The molecular weight excluding hydrogens is 378 g/mol. The molecule has 0 heterocycles. The first-order chi connectivity index (χ1) is 13.6. The smallest absolute Gasteiger partial charge is 0.408 e. The first kappa shape index (κ1) is 24.1. The molecule has 0 saturated heterocycles. The molecule has 0 fully saturated rings. The van der Waals surface area contributed by atoms with Crippen molar-refractivity contribution in [2.24, 2.45) is 0 Å². The molecule has 1 atom stereocenters. The third kappa shape index (κ3) is 10.2. The molecule has 1 aromatic rings. The van der Waals surface area contributed by atoms with Crippen LogP contribution >= 0.6 is 0 Å². The molecule has 0 aliphatic rings. The van der Waals surface area contributed by atoms with Gasteiger partial charge < -0.3 is 25.4 Å². The maximum Gasteiger partial charge on any atom is 0.408 e. The zero-order valence-electron chi connectivity index (χ0n) is 17.2. The lowest BCUT2D eigenvalue weighted by atomic mass is 10.2. The van der Waals surface area contributed by atoms with Gasteiger partial charge in [-0.1, -0.05) is 25.1 Å². The second-order valence-electron chi connectivity index (χ2n) is 7.18. The van der Waals surface area contributed by atoms with Crippen LogP contribution in [0, 0.1) is 0 Å². The monoisotopic (exact) mass is 407 g/mol. The molecule has 160 valence electrons. The van der Waals surface area contributed by atoms with E-state index < -0.39 is 42.0 Å². The van der Waals surface area contributed by atoms with E-state index in [2.05, 4.69) is 16.0 Å². The number of rotatable bonds is 9. The van der Waals surface area contributed by atoms with E-state index in [9.17, 15) is 19.2 Å². The van der Waals surface area contributed by atoms with Crippen LogP contribution in [-0.4, -0.2) is 55.2 Å². The van der Waals surface area contributed by atoms with Gasteiger partial charge in [0, 0.05) is 13.1 Å². The van der Waals surface area contributed by atoms with E-state index in [0.717, 1.165) is 6.54 Å². The third-order valence-electron chi connectivity index (χ3n) is 3.44. The fraction of sp³-hybridized carbons (Fsp3) is 0.500. The van der Waals surface area contributed by atoms with Crippen LogP contribution in [0.25, 0.3) is 0 Å². The molecule has 9 nitrogen and oxygen atoms in total. The molecule has 3 N–H and O–H groups in total. The van der Waals surface area contributed by atoms with Gasteiger partial charge in [0.05, 0.1) is 12.0 Å². The summed E-state index contributed by atoms with van der Waals surface area (Å²) >= 11 is 0. The Hall–Kier alpha value is -2.94. The number of carbonyl (C=O) groups excluding carboxylic acids is 4. The number of likely N-dealkylation sites (N-methyl/N-ethyl adjacent to an activating group) is 1. The number of hydrogen-bond acceptors (Lipinski definition) is 7. The summed E-state index contributed by atoms with van der Waals surface area (Å²) in [5.41, 5.74) is -0.626. The Balaban J connectivity index is 2.76. The summed E-state index contributed by atoms with van der Waals surface area (Å²) in [4.78, 5) is 48.7. The largest absolute Gasteiger partial charge is 0.444 e. The second-order valence-corrected chi connectivity index (χ2v) is 7.18. The maximum atomic E-state index is 12.4. The van der Waals surface area contributed by atoms with Gasteiger partial charge in [0.1, 0.15) is 11.6 Å². The van der Waals surface area contributed by atoms with E-state index >= 15 is 0 Å². The minimum atomic E-state index is -1.38. The topological polar surface area (TPSA) is 123 Å².